The van der Waals surface area contributed by atoms with Crippen molar-refractivity contribution in [1.29, 1.82) is 0 Å². The summed E-state index contributed by atoms with van der Waals surface area (Å²) >= 11 is 0. The van der Waals surface area contributed by atoms with Crippen LogP contribution in [0.3, 0.4) is 0 Å². The molecule has 0 N–H and O–H groups in total. The molecule has 4 aliphatic carbocycles. The van der Waals surface area contributed by atoms with E-state index in [0.29, 0.717) is 17.3 Å². The molecule has 3 saturated carbocycles. The van der Waals surface area contributed by atoms with Crippen LogP contribution in [0.15, 0.2) is 36.0 Å². The number of ether oxygens (including phenoxy) is 1. The molecule has 0 aromatic rings. The summed E-state index contributed by atoms with van der Waals surface area (Å²) in [6.07, 6.45) is 37.6. The minimum absolute atomic E-state index is 0.0367. The second-order valence-corrected chi connectivity index (χ2v) is 16.9. The molecule has 4 aliphatic rings. The van der Waals surface area contributed by atoms with Gasteiger partial charge in [0.1, 0.15) is 6.10 Å². The zero-order chi connectivity index (χ0) is 32.3. The largest absolute Gasteiger partial charge is 0.462 e. The minimum Gasteiger partial charge on any atom is -0.462 e. The summed E-state index contributed by atoms with van der Waals surface area (Å²) in [4.78, 5) is 12.8. The van der Waals surface area contributed by atoms with Crippen molar-refractivity contribution in [3.8, 4) is 0 Å². The maximum Gasteiger partial charge on any atom is 0.306 e. The van der Waals surface area contributed by atoms with Crippen LogP contribution < -0.4 is 0 Å². The maximum absolute atomic E-state index is 12.8. The van der Waals surface area contributed by atoms with Crippen LogP contribution >= 0.6 is 0 Å². The highest BCUT2D eigenvalue weighted by Gasteiger charge is 2.59. The summed E-state index contributed by atoms with van der Waals surface area (Å²) in [5.74, 6) is 5.28. The van der Waals surface area contributed by atoms with E-state index in [1.807, 2.05) is 0 Å². The Labute approximate surface area is 279 Å². The number of carbonyl (C=O) groups is 1. The van der Waals surface area contributed by atoms with Crippen molar-refractivity contribution in [3.05, 3.63) is 36.0 Å². The first-order chi connectivity index (χ1) is 21.7. The Morgan fingerprint density at radius 1 is 0.867 bits per heavy atom. The zero-order valence-corrected chi connectivity index (χ0v) is 30.6. The SMILES string of the molecule is CCCCC/C=C\C/C=C\CCCCCC(=O)O[C@H]1CC[C@@]2(C)C(=CC[C@H]3[C@@H]4CC[C@H]([C@H](C)CCCC(C)C)[C@@]4(C)CC[C@@H]32)C1. The van der Waals surface area contributed by atoms with Gasteiger partial charge in [0.05, 0.1) is 0 Å². The normalized spacial score (nSPS) is 33.7. The van der Waals surface area contributed by atoms with E-state index in [2.05, 4.69) is 71.9 Å². The Hall–Kier alpha value is -1.31. The summed E-state index contributed by atoms with van der Waals surface area (Å²) in [5, 5.41) is 0. The molecule has 45 heavy (non-hydrogen) atoms. The molecule has 4 rings (SSSR count). The van der Waals surface area contributed by atoms with Gasteiger partial charge >= 0.3 is 5.97 Å². The Morgan fingerprint density at radius 2 is 1.62 bits per heavy atom. The molecule has 0 radical (unpaired) electrons. The molecule has 2 heteroatoms. The summed E-state index contributed by atoms with van der Waals surface area (Å²) in [6.45, 7) is 14.9. The fourth-order valence-corrected chi connectivity index (χ4v) is 10.7. The van der Waals surface area contributed by atoms with Crippen LogP contribution in [0.2, 0.25) is 0 Å². The molecular weight excluding hydrogens is 548 g/mol. The third-order valence-corrected chi connectivity index (χ3v) is 13.4. The number of hydrogen-bond donors (Lipinski definition) is 0. The summed E-state index contributed by atoms with van der Waals surface area (Å²) in [6, 6.07) is 0. The van der Waals surface area contributed by atoms with E-state index >= 15 is 0 Å². The molecule has 0 heterocycles. The van der Waals surface area contributed by atoms with Crippen LogP contribution in [0, 0.1) is 46.3 Å². The number of carbonyl (C=O) groups excluding carboxylic acids is 1. The molecule has 2 nitrogen and oxygen atoms in total. The quantitative estimate of drug-likeness (QED) is 0.0865. The average molecular weight is 621 g/mol. The smallest absolute Gasteiger partial charge is 0.306 e. The van der Waals surface area contributed by atoms with Gasteiger partial charge in [-0.25, -0.2) is 0 Å². The van der Waals surface area contributed by atoms with Crippen molar-refractivity contribution < 1.29 is 9.53 Å². The van der Waals surface area contributed by atoms with Crippen LogP contribution in [0.1, 0.15) is 176 Å². The molecule has 3 fully saturated rings. The van der Waals surface area contributed by atoms with Crippen LogP contribution in [-0.4, -0.2) is 12.1 Å². The predicted octanol–water partition coefficient (Wildman–Crippen LogP) is 13.0. The van der Waals surface area contributed by atoms with E-state index in [1.54, 1.807) is 5.57 Å². The lowest BCUT2D eigenvalue weighted by Crippen LogP contribution is -2.51. The highest BCUT2D eigenvalue weighted by atomic mass is 16.5. The third kappa shape index (κ3) is 9.63. The van der Waals surface area contributed by atoms with Crippen molar-refractivity contribution in [3.63, 3.8) is 0 Å². The van der Waals surface area contributed by atoms with Gasteiger partial charge in [-0.05, 0) is 130 Å². The van der Waals surface area contributed by atoms with Gasteiger partial charge in [-0.3, -0.25) is 4.79 Å². The van der Waals surface area contributed by atoms with Gasteiger partial charge in [-0.1, -0.05) is 116 Å². The molecule has 0 amide bonds. The number of fused-ring (bicyclic) bond motifs is 5. The number of allylic oxidation sites excluding steroid dienone is 5. The lowest BCUT2D eigenvalue weighted by atomic mass is 9.47. The Bertz CT molecular complexity index is 988. The maximum atomic E-state index is 12.8. The van der Waals surface area contributed by atoms with Gasteiger partial charge in [0.15, 0.2) is 0 Å². The Morgan fingerprint density at radius 3 is 2.36 bits per heavy atom. The Kier molecular flexibility index (Phi) is 14.4. The minimum atomic E-state index is 0.0367. The highest BCUT2D eigenvalue weighted by Crippen LogP contribution is 2.67. The predicted molar refractivity (Wildman–Crippen MR) is 193 cm³/mol. The molecule has 256 valence electrons. The van der Waals surface area contributed by atoms with Crippen molar-refractivity contribution in [2.24, 2.45) is 46.3 Å². The van der Waals surface area contributed by atoms with Crippen LogP contribution in [0.4, 0.5) is 0 Å². The van der Waals surface area contributed by atoms with Gasteiger partial charge < -0.3 is 4.74 Å². The van der Waals surface area contributed by atoms with E-state index in [-0.39, 0.29) is 12.1 Å². The average Bonchev–Trinajstić information content (AvgIpc) is 3.37. The molecule has 0 aromatic heterocycles. The fourth-order valence-electron chi connectivity index (χ4n) is 10.7. The van der Waals surface area contributed by atoms with Crippen LogP contribution in [-0.2, 0) is 9.53 Å². The molecule has 0 bridgehead atoms. The summed E-state index contributed by atoms with van der Waals surface area (Å²) in [7, 11) is 0. The van der Waals surface area contributed by atoms with Gasteiger partial charge in [0.2, 0.25) is 0 Å². The highest BCUT2D eigenvalue weighted by molar-refractivity contribution is 5.69. The number of unbranched alkanes of at least 4 members (excludes halogenated alkanes) is 6. The standard InChI is InChI=1S/C43H72O2/c1-7-8-9-10-11-12-13-14-15-16-17-18-19-23-41(44)45-36-28-30-42(5)35(32-36)24-25-37-39-27-26-38(34(4)22-20-21-33(2)3)43(39,6)31-29-40(37)42/h11-12,14-15,24,33-34,36-40H,7-10,13,16-23,25-32H2,1-6H3/b12-11-,15-14-/t34-,36+,37+,38-,39+,40+,42+,43-/m1/s1. The van der Waals surface area contributed by atoms with E-state index in [1.165, 1.54) is 89.9 Å². The lowest BCUT2D eigenvalue weighted by Gasteiger charge is -2.58. The molecule has 0 unspecified atom stereocenters. The number of rotatable bonds is 18. The molecular formula is C43H72O2. The summed E-state index contributed by atoms with van der Waals surface area (Å²) in [5.41, 5.74) is 2.51. The van der Waals surface area contributed by atoms with Crippen LogP contribution in [0.5, 0.6) is 0 Å². The van der Waals surface area contributed by atoms with Crippen molar-refractivity contribution in [2.75, 3.05) is 0 Å². The molecule has 0 aromatic carbocycles. The first-order valence-corrected chi connectivity index (χ1v) is 19.9. The van der Waals surface area contributed by atoms with Gasteiger partial charge in [-0.15, -0.1) is 0 Å². The second kappa shape index (κ2) is 17.7. The molecule has 0 spiro atoms. The fraction of sp³-hybridized carbons (Fsp3) is 0.837. The van der Waals surface area contributed by atoms with E-state index < -0.39 is 0 Å². The van der Waals surface area contributed by atoms with Gasteiger partial charge in [-0.2, -0.15) is 0 Å². The Balaban J connectivity index is 1.17. The molecule has 0 saturated heterocycles. The third-order valence-electron chi connectivity index (χ3n) is 13.4. The second-order valence-electron chi connectivity index (χ2n) is 16.9. The van der Waals surface area contributed by atoms with E-state index in [4.69, 9.17) is 4.74 Å². The van der Waals surface area contributed by atoms with Gasteiger partial charge in [0, 0.05) is 12.8 Å². The van der Waals surface area contributed by atoms with Crippen molar-refractivity contribution >= 4 is 5.97 Å². The topological polar surface area (TPSA) is 26.3 Å². The lowest BCUT2D eigenvalue weighted by molar-refractivity contribution is -0.151. The van der Waals surface area contributed by atoms with E-state index in [9.17, 15) is 4.79 Å². The molecule has 0 aliphatic heterocycles. The monoisotopic (exact) mass is 621 g/mol. The number of esters is 1. The first kappa shape index (κ1) is 36.5. The van der Waals surface area contributed by atoms with Crippen molar-refractivity contribution in [2.45, 2.75) is 182 Å². The van der Waals surface area contributed by atoms with Gasteiger partial charge in [0.25, 0.3) is 0 Å². The summed E-state index contributed by atoms with van der Waals surface area (Å²) < 4.78 is 6.10. The van der Waals surface area contributed by atoms with E-state index in [0.717, 1.165) is 74.0 Å². The van der Waals surface area contributed by atoms with Crippen LogP contribution in [0.25, 0.3) is 0 Å². The zero-order valence-electron chi connectivity index (χ0n) is 30.6. The number of hydrogen-bond acceptors (Lipinski definition) is 2. The first-order valence-electron chi connectivity index (χ1n) is 19.9. The molecule has 8 atom stereocenters. The van der Waals surface area contributed by atoms with Crippen molar-refractivity contribution in [1.82, 2.24) is 0 Å².